The minimum Gasteiger partial charge on any atom is -0.497 e. The van der Waals surface area contributed by atoms with Crippen LogP contribution < -0.4 is 4.74 Å². The van der Waals surface area contributed by atoms with Crippen molar-refractivity contribution in [2.24, 2.45) is 0 Å². The molecule has 0 bridgehead atoms. The van der Waals surface area contributed by atoms with Crippen molar-refractivity contribution in [3.05, 3.63) is 29.3 Å². The average molecular weight is 357 g/mol. The van der Waals surface area contributed by atoms with E-state index in [0.717, 1.165) is 63.9 Å². The van der Waals surface area contributed by atoms with Gasteiger partial charge < -0.3 is 9.64 Å². The number of carbonyl (C=O) groups excluding carboxylic acids is 1. The highest BCUT2D eigenvalue weighted by atomic mass is 16.5. The standard InChI is InChI=1S/C21H31N3O2/c1-26-20-6-5-17-7-9-22(10-8-18(17)15-20)16-21(25)24-13-11-23(12-14-24)19-3-2-4-19/h5-6,15,19H,2-4,7-14,16H2,1H3. The molecule has 3 aliphatic rings. The Morgan fingerprint density at radius 3 is 2.42 bits per heavy atom. The Morgan fingerprint density at radius 1 is 1.04 bits per heavy atom. The van der Waals surface area contributed by atoms with Crippen molar-refractivity contribution < 1.29 is 9.53 Å². The molecule has 2 heterocycles. The summed E-state index contributed by atoms with van der Waals surface area (Å²) in [5.74, 6) is 1.24. The topological polar surface area (TPSA) is 36.0 Å². The molecule has 5 heteroatoms. The van der Waals surface area contributed by atoms with Crippen molar-refractivity contribution in [1.82, 2.24) is 14.7 Å². The van der Waals surface area contributed by atoms with Crippen LogP contribution in [0.25, 0.3) is 0 Å². The van der Waals surface area contributed by atoms with Crippen LogP contribution in [-0.2, 0) is 17.6 Å². The molecule has 1 aliphatic carbocycles. The number of hydrogen-bond acceptors (Lipinski definition) is 4. The second-order valence-electron chi connectivity index (χ2n) is 7.91. The van der Waals surface area contributed by atoms with Gasteiger partial charge in [0.25, 0.3) is 0 Å². The maximum atomic E-state index is 12.8. The van der Waals surface area contributed by atoms with Crippen molar-refractivity contribution in [1.29, 1.82) is 0 Å². The predicted molar refractivity (Wildman–Crippen MR) is 103 cm³/mol. The molecule has 1 aromatic rings. The van der Waals surface area contributed by atoms with Gasteiger partial charge in [-0.1, -0.05) is 12.5 Å². The van der Waals surface area contributed by atoms with Crippen LogP contribution in [0.15, 0.2) is 18.2 Å². The molecule has 1 aromatic carbocycles. The van der Waals surface area contributed by atoms with Gasteiger partial charge in [0.2, 0.25) is 5.91 Å². The lowest BCUT2D eigenvalue weighted by atomic mass is 9.91. The van der Waals surface area contributed by atoms with Gasteiger partial charge in [-0.3, -0.25) is 14.6 Å². The van der Waals surface area contributed by atoms with Crippen LogP contribution in [0.3, 0.4) is 0 Å². The van der Waals surface area contributed by atoms with Crippen molar-refractivity contribution >= 4 is 5.91 Å². The SMILES string of the molecule is COc1ccc2c(c1)CCN(CC(=O)N1CCN(C3CCC3)CC1)CC2. The zero-order chi connectivity index (χ0) is 17.9. The summed E-state index contributed by atoms with van der Waals surface area (Å²) in [5.41, 5.74) is 2.77. The summed E-state index contributed by atoms with van der Waals surface area (Å²) in [7, 11) is 1.72. The van der Waals surface area contributed by atoms with Crippen LogP contribution in [0.4, 0.5) is 0 Å². The van der Waals surface area contributed by atoms with E-state index in [0.29, 0.717) is 12.5 Å². The zero-order valence-electron chi connectivity index (χ0n) is 16.0. The number of carbonyl (C=O) groups is 1. The summed E-state index contributed by atoms with van der Waals surface area (Å²) in [4.78, 5) is 19.8. The Morgan fingerprint density at radius 2 is 1.77 bits per heavy atom. The third kappa shape index (κ3) is 3.89. The number of benzene rings is 1. The lowest BCUT2D eigenvalue weighted by molar-refractivity contribution is -0.134. The van der Waals surface area contributed by atoms with Gasteiger partial charge in [0.15, 0.2) is 0 Å². The number of nitrogens with zero attached hydrogens (tertiary/aromatic N) is 3. The van der Waals surface area contributed by atoms with E-state index in [9.17, 15) is 4.79 Å². The number of piperazine rings is 1. The van der Waals surface area contributed by atoms with E-state index < -0.39 is 0 Å². The van der Waals surface area contributed by atoms with Crippen LogP contribution in [-0.4, -0.2) is 79.6 Å². The number of methoxy groups -OCH3 is 1. The summed E-state index contributed by atoms with van der Waals surface area (Å²) in [6.07, 6.45) is 6.10. The average Bonchev–Trinajstić information content (AvgIpc) is 2.83. The van der Waals surface area contributed by atoms with Crippen molar-refractivity contribution in [3.63, 3.8) is 0 Å². The van der Waals surface area contributed by atoms with Gasteiger partial charge >= 0.3 is 0 Å². The highest BCUT2D eigenvalue weighted by molar-refractivity contribution is 5.78. The van der Waals surface area contributed by atoms with E-state index in [-0.39, 0.29) is 0 Å². The molecule has 2 fully saturated rings. The third-order valence-corrected chi connectivity index (χ3v) is 6.43. The second-order valence-corrected chi connectivity index (χ2v) is 7.91. The van der Waals surface area contributed by atoms with Crippen LogP contribution >= 0.6 is 0 Å². The molecule has 1 saturated carbocycles. The highest BCUT2D eigenvalue weighted by Gasteiger charge is 2.29. The third-order valence-electron chi connectivity index (χ3n) is 6.43. The lowest BCUT2D eigenvalue weighted by Gasteiger charge is -2.43. The first-order chi connectivity index (χ1) is 12.7. The molecule has 0 N–H and O–H groups in total. The quantitative estimate of drug-likeness (QED) is 0.823. The molecule has 0 radical (unpaired) electrons. The zero-order valence-corrected chi connectivity index (χ0v) is 16.0. The summed E-state index contributed by atoms with van der Waals surface area (Å²) in [6, 6.07) is 7.18. The fourth-order valence-corrected chi connectivity index (χ4v) is 4.41. The number of rotatable bonds is 4. The molecular weight excluding hydrogens is 326 g/mol. The Hall–Kier alpha value is -1.59. The normalized spacial score (nSPS) is 22.4. The van der Waals surface area contributed by atoms with E-state index >= 15 is 0 Å². The molecule has 4 rings (SSSR count). The highest BCUT2D eigenvalue weighted by Crippen LogP contribution is 2.25. The molecule has 26 heavy (non-hydrogen) atoms. The summed E-state index contributed by atoms with van der Waals surface area (Å²) < 4.78 is 5.35. The van der Waals surface area contributed by atoms with Gasteiger partial charge in [0, 0.05) is 45.3 Å². The van der Waals surface area contributed by atoms with E-state index in [1.807, 2.05) is 6.07 Å². The maximum absolute atomic E-state index is 12.8. The molecular formula is C21H31N3O2. The van der Waals surface area contributed by atoms with Gasteiger partial charge in [0.1, 0.15) is 5.75 Å². The maximum Gasteiger partial charge on any atom is 0.236 e. The Balaban J connectivity index is 1.27. The van der Waals surface area contributed by atoms with Gasteiger partial charge in [-0.25, -0.2) is 0 Å². The minimum absolute atomic E-state index is 0.307. The fraction of sp³-hybridized carbons (Fsp3) is 0.667. The minimum atomic E-state index is 0.307. The second kappa shape index (κ2) is 7.97. The lowest BCUT2D eigenvalue weighted by Crippen LogP contribution is -2.55. The first-order valence-corrected chi connectivity index (χ1v) is 10.1. The molecule has 142 valence electrons. The molecule has 2 aliphatic heterocycles. The summed E-state index contributed by atoms with van der Waals surface area (Å²) >= 11 is 0. The number of hydrogen-bond donors (Lipinski definition) is 0. The van der Waals surface area contributed by atoms with Crippen LogP contribution in [0.5, 0.6) is 5.75 Å². The largest absolute Gasteiger partial charge is 0.497 e. The van der Waals surface area contributed by atoms with Crippen molar-refractivity contribution in [2.75, 3.05) is 52.9 Å². The first-order valence-electron chi connectivity index (χ1n) is 10.1. The number of fused-ring (bicyclic) bond motifs is 1. The summed E-state index contributed by atoms with van der Waals surface area (Å²) in [6.45, 7) is 6.40. The van der Waals surface area contributed by atoms with Gasteiger partial charge in [-0.2, -0.15) is 0 Å². The van der Waals surface area contributed by atoms with Crippen LogP contribution in [0, 0.1) is 0 Å². The Labute approximate surface area is 156 Å². The van der Waals surface area contributed by atoms with Crippen LogP contribution in [0.1, 0.15) is 30.4 Å². The molecule has 0 unspecified atom stereocenters. The van der Waals surface area contributed by atoms with Crippen molar-refractivity contribution in [3.8, 4) is 5.75 Å². The van der Waals surface area contributed by atoms with E-state index in [1.165, 1.54) is 30.4 Å². The molecule has 0 spiro atoms. The van der Waals surface area contributed by atoms with Gasteiger partial charge in [-0.05, 0) is 48.9 Å². The predicted octanol–water partition coefficient (Wildman–Crippen LogP) is 1.79. The molecule has 1 saturated heterocycles. The van der Waals surface area contributed by atoms with E-state index in [2.05, 4.69) is 26.8 Å². The Bertz CT molecular complexity index is 636. The van der Waals surface area contributed by atoms with Crippen molar-refractivity contribution in [2.45, 2.75) is 38.1 Å². The first kappa shape index (κ1) is 17.8. The van der Waals surface area contributed by atoms with E-state index in [4.69, 9.17) is 4.74 Å². The van der Waals surface area contributed by atoms with Gasteiger partial charge in [-0.15, -0.1) is 0 Å². The number of ether oxygens (including phenoxy) is 1. The molecule has 0 atom stereocenters. The van der Waals surface area contributed by atoms with Crippen LogP contribution in [0.2, 0.25) is 0 Å². The summed E-state index contributed by atoms with van der Waals surface area (Å²) in [5, 5.41) is 0. The smallest absolute Gasteiger partial charge is 0.236 e. The molecule has 1 amide bonds. The fourth-order valence-electron chi connectivity index (χ4n) is 4.41. The Kier molecular flexibility index (Phi) is 5.46. The van der Waals surface area contributed by atoms with E-state index in [1.54, 1.807) is 7.11 Å². The molecule has 0 aromatic heterocycles. The monoisotopic (exact) mass is 357 g/mol. The van der Waals surface area contributed by atoms with Gasteiger partial charge in [0.05, 0.1) is 13.7 Å². The molecule has 5 nitrogen and oxygen atoms in total. The number of amides is 1.